The molecule has 4 heteroatoms. The molecule has 1 atom stereocenters. The van der Waals surface area contributed by atoms with Crippen molar-refractivity contribution in [2.24, 2.45) is 5.73 Å². The van der Waals surface area contributed by atoms with Crippen LogP contribution < -0.4 is 16.0 Å². The van der Waals surface area contributed by atoms with Crippen LogP contribution in [0.2, 0.25) is 0 Å². The van der Waals surface area contributed by atoms with Crippen molar-refractivity contribution in [2.45, 2.75) is 38.6 Å². The molecule has 1 heterocycles. The lowest BCUT2D eigenvalue weighted by molar-refractivity contribution is -0.122. The first-order valence-electron chi connectivity index (χ1n) is 7.53. The molecular weight excluding hydrogens is 250 g/mol. The molecule has 0 aromatic heterocycles. The summed E-state index contributed by atoms with van der Waals surface area (Å²) in [7, 11) is 0. The monoisotopic (exact) mass is 275 g/mol. The quantitative estimate of drug-likeness (QED) is 0.862. The Morgan fingerprint density at radius 2 is 2.05 bits per heavy atom. The SMILES string of the molecule is Cc1ccc(N(CCCN)C2CCCCNC2=O)cc1. The molecule has 1 aliphatic heterocycles. The molecule has 3 N–H and O–H groups in total. The number of anilines is 1. The van der Waals surface area contributed by atoms with E-state index in [4.69, 9.17) is 5.73 Å². The van der Waals surface area contributed by atoms with Crippen molar-refractivity contribution in [2.75, 3.05) is 24.5 Å². The van der Waals surface area contributed by atoms with Crippen LogP contribution in [0.25, 0.3) is 0 Å². The van der Waals surface area contributed by atoms with E-state index >= 15 is 0 Å². The average molecular weight is 275 g/mol. The summed E-state index contributed by atoms with van der Waals surface area (Å²) in [5.74, 6) is 0.153. The van der Waals surface area contributed by atoms with Gasteiger partial charge in [0, 0.05) is 18.8 Å². The molecular formula is C16H25N3O. The van der Waals surface area contributed by atoms with Gasteiger partial charge in [-0.1, -0.05) is 17.7 Å². The fraction of sp³-hybridized carbons (Fsp3) is 0.562. The smallest absolute Gasteiger partial charge is 0.242 e. The number of benzene rings is 1. The summed E-state index contributed by atoms with van der Waals surface area (Å²) in [6, 6.07) is 8.33. The number of nitrogens with two attached hydrogens (primary N) is 1. The van der Waals surface area contributed by atoms with E-state index in [1.54, 1.807) is 0 Å². The predicted molar refractivity (Wildman–Crippen MR) is 82.8 cm³/mol. The van der Waals surface area contributed by atoms with Crippen molar-refractivity contribution >= 4 is 11.6 Å². The van der Waals surface area contributed by atoms with E-state index < -0.39 is 0 Å². The summed E-state index contributed by atoms with van der Waals surface area (Å²) in [6.45, 7) is 4.36. The first-order chi connectivity index (χ1) is 9.72. The summed E-state index contributed by atoms with van der Waals surface area (Å²) in [5.41, 5.74) is 8.00. The van der Waals surface area contributed by atoms with Gasteiger partial charge in [0.25, 0.3) is 0 Å². The van der Waals surface area contributed by atoms with Gasteiger partial charge in [0.05, 0.1) is 0 Å². The van der Waals surface area contributed by atoms with E-state index in [1.165, 1.54) is 5.56 Å². The van der Waals surface area contributed by atoms with E-state index in [1.807, 2.05) is 0 Å². The van der Waals surface area contributed by atoms with Gasteiger partial charge >= 0.3 is 0 Å². The Labute approximate surface area is 121 Å². The largest absolute Gasteiger partial charge is 0.359 e. The molecule has 0 radical (unpaired) electrons. The van der Waals surface area contributed by atoms with E-state index in [9.17, 15) is 4.79 Å². The second-order valence-corrected chi connectivity index (χ2v) is 5.47. The summed E-state index contributed by atoms with van der Waals surface area (Å²) < 4.78 is 0. The van der Waals surface area contributed by atoms with Crippen LogP contribution in [0.15, 0.2) is 24.3 Å². The molecule has 1 aromatic rings. The maximum absolute atomic E-state index is 12.3. The number of hydrogen-bond acceptors (Lipinski definition) is 3. The van der Waals surface area contributed by atoms with Gasteiger partial charge in [-0.3, -0.25) is 4.79 Å². The fourth-order valence-electron chi connectivity index (χ4n) is 2.68. The zero-order chi connectivity index (χ0) is 14.4. The van der Waals surface area contributed by atoms with Gasteiger partial charge in [0.2, 0.25) is 5.91 Å². The zero-order valence-corrected chi connectivity index (χ0v) is 12.3. The van der Waals surface area contributed by atoms with Crippen LogP contribution in [0, 0.1) is 6.92 Å². The molecule has 0 saturated carbocycles. The number of hydrogen-bond donors (Lipinski definition) is 2. The average Bonchev–Trinajstić information content (AvgIpc) is 2.66. The molecule has 2 rings (SSSR count). The van der Waals surface area contributed by atoms with Gasteiger partial charge in [-0.2, -0.15) is 0 Å². The van der Waals surface area contributed by atoms with Crippen LogP contribution in [-0.2, 0) is 4.79 Å². The molecule has 0 aliphatic carbocycles. The first kappa shape index (κ1) is 14.9. The molecule has 1 unspecified atom stereocenters. The van der Waals surface area contributed by atoms with Crippen LogP contribution in [0.5, 0.6) is 0 Å². The van der Waals surface area contributed by atoms with Crippen LogP contribution in [-0.4, -0.2) is 31.6 Å². The normalized spacial score (nSPS) is 19.3. The second kappa shape index (κ2) is 7.29. The van der Waals surface area contributed by atoms with Gasteiger partial charge in [0.15, 0.2) is 0 Å². The molecule has 20 heavy (non-hydrogen) atoms. The molecule has 110 valence electrons. The Balaban J connectivity index is 2.20. The van der Waals surface area contributed by atoms with Crippen molar-refractivity contribution in [3.63, 3.8) is 0 Å². The number of nitrogens with zero attached hydrogens (tertiary/aromatic N) is 1. The highest BCUT2D eigenvalue weighted by molar-refractivity contribution is 5.85. The van der Waals surface area contributed by atoms with Gasteiger partial charge in [0.1, 0.15) is 6.04 Å². The van der Waals surface area contributed by atoms with Crippen LogP contribution in [0.1, 0.15) is 31.2 Å². The fourth-order valence-corrected chi connectivity index (χ4v) is 2.68. The number of aryl methyl sites for hydroxylation is 1. The standard InChI is InChI=1S/C16H25N3O/c1-13-6-8-14(9-7-13)19(12-4-10-17)15-5-2-3-11-18-16(15)20/h6-9,15H,2-5,10-12,17H2,1H3,(H,18,20). The molecule has 0 bridgehead atoms. The first-order valence-corrected chi connectivity index (χ1v) is 7.53. The van der Waals surface area contributed by atoms with Crippen LogP contribution in [0.4, 0.5) is 5.69 Å². The summed E-state index contributed by atoms with van der Waals surface area (Å²) in [4.78, 5) is 14.5. The van der Waals surface area contributed by atoms with Crippen molar-refractivity contribution in [1.82, 2.24) is 5.32 Å². The maximum Gasteiger partial charge on any atom is 0.242 e. The van der Waals surface area contributed by atoms with Gasteiger partial charge < -0.3 is 16.0 Å². The number of amides is 1. The molecule has 1 saturated heterocycles. The topological polar surface area (TPSA) is 58.4 Å². The lowest BCUT2D eigenvalue weighted by atomic mass is 10.1. The highest BCUT2D eigenvalue weighted by Gasteiger charge is 2.27. The van der Waals surface area contributed by atoms with Crippen LogP contribution in [0.3, 0.4) is 0 Å². The molecule has 4 nitrogen and oxygen atoms in total. The molecule has 1 aromatic carbocycles. The summed E-state index contributed by atoms with van der Waals surface area (Å²) >= 11 is 0. The summed E-state index contributed by atoms with van der Waals surface area (Å²) in [6.07, 6.45) is 3.98. The molecule has 1 aliphatic rings. The van der Waals surface area contributed by atoms with Crippen molar-refractivity contribution in [3.05, 3.63) is 29.8 Å². The zero-order valence-electron chi connectivity index (χ0n) is 12.3. The Morgan fingerprint density at radius 1 is 1.30 bits per heavy atom. The van der Waals surface area contributed by atoms with Gasteiger partial charge in [-0.25, -0.2) is 0 Å². The van der Waals surface area contributed by atoms with Crippen molar-refractivity contribution in [1.29, 1.82) is 0 Å². The highest BCUT2D eigenvalue weighted by atomic mass is 16.2. The number of nitrogens with one attached hydrogen (secondary N) is 1. The molecule has 1 fully saturated rings. The number of carbonyl (C=O) groups excluding carboxylic acids is 1. The minimum atomic E-state index is -0.0632. The lowest BCUT2D eigenvalue weighted by Crippen LogP contribution is -2.46. The molecule has 1 amide bonds. The van der Waals surface area contributed by atoms with E-state index in [2.05, 4.69) is 41.4 Å². The number of rotatable bonds is 5. The summed E-state index contributed by atoms with van der Waals surface area (Å²) in [5, 5.41) is 3.02. The van der Waals surface area contributed by atoms with Gasteiger partial charge in [-0.05, 0) is 51.3 Å². The van der Waals surface area contributed by atoms with Gasteiger partial charge in [-0.15, -0.1) is 0 Å². The van der Waals surface area contributed by atoms with Crippen LogP contribution >= 0.6 is 0 Å². The third kappa shape index (κ3) is 3.73. The minimum absolute atomic E-state index is 0.0632. The van der Waals surface area contributed by atoms with E-state index in [0.29, 0.717) is 6.54 Å². The molecule has 0 spiro atoms. The minimum Gasteiger partial charge on any atom is -0.359 e. The lowest BCUT2D eigenvalue weighted by Gasteiger charge is -2.32. The third-order valence-electron chi connectivity index (χ3n) is 3.85. The Kier molecular flexibility index (Phi) is 5.41. The second-order valence-electron chi connectivity index (χ2n) is 5.47. The third-order valence-corrected chi connectivity index (χ3v) is 3.85. The number of carbonyl (C=O) groups is 1. The Hall–Kier alpha value is -1.55. The Morgan fingerprint density at radius 3 is 2.75 bits per heavy atom. The van der Waals surface area contributed by atoms with Crippen molar-refractivity contribution < 1.29 is 4.79 Å². The maximum atomic E-state index is 12.3. The van der Waals surface area contributed by atoms with E-state index in [-0.39, 0.29) is 11.9 Å². The van der Waals surface area contributed by atoms with E-state index in [0.717, 1.165) is 44.5 Å². The Bertz CT molecular complexity index is 430. The highest BCUT2D eigenvalue weighted by Crippen LogP contribution is 2.22. The van der Waals surface area contributed by atoms with Crippen molar-refractivity contribution in [3.8, 4) is 0 Å². The predicted octanol–water partition coefficient (Wildman–Crippen LogP) is 1.82.